The number of ether oxygens (including phenoxy) is 4. The fourth-order valence-electron chi connectivity index (χ4n) is 7.67. The molecule has 4 aromatic carbocycles. The average molecular weight is 1070 g/mol. The summed E-state index contributed by atoms with van der Waals surface area (Å²) in [6.07, 6.45) is -4.18. The number of benzene rings is 4. The summed E-state index contributed by atoms with van der Waals surface area (Å²) in [6.45, 7) is 9.52. The third-order valence-electron chi connectivity index (χ3n) is 11.4. The van der Waals surface area contributed by atoms with Crippen molar-refractivity contribution in [2.24, 2.45) is 0 Å². The van der Waals surface area contributed by atoms with Gasteiger partial charge in [-0.15, -0.1) is 0 Å². The molecule has 1 heterocycles. The number of carbonyl (C=O) groups excluding carboxylic acids is 8. The molecule has 1 aliphatic heterocycles. The molecule has 0 saturated carbocycles. The van der Waals surface area contributed by atoms with Crippen LogP contribution >= 0.6 is 0 Å². The number of rotatable bonds is 18. The Labute approximate surface area is 447 Å². The smallest absolute Gasteiger partial charge is 0.408 e. The predicted molar refractivity (Wildman–Crippen MR) is 282 cm³/mol. The zero-order valence-electron chi connectivity index (χ0n) is 44.1. The van der Waals surface area contributed by atoms with Gasteiger partial charge in [0.15, 0.2) is 0 Å². The monoisotopic (exact) mass is 1070 g/mol. The lowest BCUT2D eigenvalue weighted by molar-refractivity contribution is -0.134. The third-order valence-corrected chi connectivity index (χ3v) is 11.4. The Morgan fingerprint density at radius 3 is 1.66 bits per heavy atom. The third kappa shape index (κ3) is 20.9. The van der Waals surface area contributed by atoms with Crippen LogP contribution in [0.15, 0.2) is 97.1 Å². The molecule has 0 radical (unpaired) electrons. The van der Waals surface area contributed by atoms with E-state index in [4.69, 9.17) is 18.9 Å². The quantitative estimate of drug-likeness (QED) is 0.0470. The normalized spacial score (nSPS) is 16.0. The Balaban J connectivity index is 1.44. The Morgan fingerprint density at radius 2 is 1.10 bits per heavy atom. The van der Waals surface area contributed by atoms with E-state index in [1.807, 2.05) is 12.1 Å². The number of amides is 8. The van der Waals surface area contributed by atoms with Crippen LogP contribution in [0.2, 0.25) is 0 Å². The van der Waals surface area contributed by atoms with Gasteiger partial charge in [0.05, 0.1) is 0 Å². The van der Waals surface area contributed by atoms with E-state index in [1.54, 1.807) is 114 Å². The molecule has 22 heteroatoms. The lowest BCUT2D eigenvalue weighted by atomic mass is 9.95. The van der Waals surface area contributed by atoms with E-state index in [9.17, 15) is 48.6 Å². The molecule has 5 rings (SSSR count). The molecule has 10 N–H and O–H groups in total. The number of carbonyl (C=O) groups is 8. The van der Waals surface area contributed by atoms with E-state index < -0.39 is 83.4 Å². The van der Waals surface area contributed by atoms with Crippen molar-refractivity contribution in [3.63, 3.8) is 0 Å². The first-order chi connectivity index (χ1) is 36.5. The molecule has 0 saturated heterocycles. The van der Waals surface area contributed by atoms with Crippen LogP contribution in [0.3, 0.4) is 0 Å². The minimum Gasteiger partial charge on any atom is -0.508 e. The number of hydrogen-bond donors (Lipinski definition) is 10. The van der Waals surface area contributed by atoms with E-state index in [-0.39, 0.29) is 94.1 Å². The first-order valence-corrected chi connectivity index (χ1v) is 25.2. The zero-order valence-corrected chi connectivity index (χ0v) is 44.1. The number of hydrogen-bond acceptors (Lipinski definition) is 14. The fraction of sp³-hybridized carbons (Fsp3) is 0.418. The maximum absolute atomic E-state index is 14.7. The molecule has 22 nitrogen and oxygen atoms in total. The topological polar surface area (TPSA) is 310 Å². The molecule has 4 bridgehead atoms. The molecule has 0 unspecified atom stereocenters. The number of alkyl carbamates (subject to hydrolysis) is 4. The lowest BCUT2D eigenvalue weighted by Crippen LogP contribution is -2.59. The van der Waals surface area contributed by atoms with Gasteiger partial charge in [-0.25, -0.2) is 19.2 Å². The highest BCUT2D eigenvalue weighted by Crippen LogP contribution is 2.31. The maximum Gasteiger partial charge on any atom is 0.408 e. The second kappa shape index (κ2) is 28.4. The van der Waals surface area contributed by atoms with Crippen LogP contribution in [-0.2, 0) is 64.2 Å². The maximum atomic E-state index is 14.7. The summed E-state index contributed by atoms with van der Waals surface area (Å²) < 4.78 is 21.4. The van der Waals surface area contributed by atoms with Crippen molar-refractivity contribution in [2.45, 2.75) is 122 Å². The van der Waals surface area contributed by atoms with Crippen molar-refractivity contribution in [1.82, 2.24) is 42.5 Å². The SMILES string of the molecule is CC(C)(C)OC(=O)NCCC[C@@H]1NC(=O)[C@@H](NC(=O)OC(C)(C)C)Cc2cc(ccc2O)-c2ccc(O)c(c2)C[C@@H](C(=O)N[C@@H](CCNC(=O)OCc2ccccc2)C(=O)NCCNC(=O)OCc2ccccc2)NC1=O. The molecule has 77 heavy (non-hydrogen) atoms. The Morgan fingerprint density at radius 1 is 0.597 bits per heavy atom. The average Bonchev–Trinajstić information content (AvgIpc) is 3.37. The zero-order chi connectivity index (χ0) is 56.1. The van der Waals surface area contributed by atoms with Gasteiger partial charge in [0.2, 0.25) is 23.6 Å². The Bertz CT molecular complexity index is 2680. The van der Waals surface area contributed by atoms with Crippen LogP contribution < -0.4 is 42.5 Å². The van der Waals surface area contributed by atoms with Gasteiger partial charge < -0.3 is 71.7 Å². The summed E-state index contributed by atoms with van der Waals surface area (Å²) in [5.74, 6) is -3.91. The molecule has 8 amide bonds. The number of phenolic OH excluding ortho intramolecular Hbond substituents is 2. The summed E-state index contributed by atoms with van der Waals surface area (Å²) in [7, 11) is 0. The van der Waals surface area contributed by atoms with Gasteiger partial charge in [0, 0.05) is 39.0 Å². The Kier molecular flexibility index (Phi) is 21.9. The molecule has 0 aliphatic carbocycles. The van der Waals surface area contributed by atoms with Gasteiger partial charge in [-0.3, -0.25) is 19.2 Å². The summed E-state index contributed by atoms with van der Waals surface area (Å²) in [4.78, 5) is 109. The van der Waals surface area contributed by atoms with E-state index >= 15 is 0 Å². The standard InChI is InChI=1S/C55H70N8O14/c1-54(2,3)76-52(72)57-24-13-18-40-47(67)62-42(30-38-28-36(19-21-44(38)64)37-20-22-45(65)39(29-37)31-43(49(69)60-40)63-53(73)77-55(4,5)6)48(68)61-41(23-25-58-50(70)74-32-34-14-9-7-10-15-34)46(66)56-26-27-59-51(71)75-33-35-16-11-8-12-17-35/h7-12,14-17,19-22,28-29,40-43,64-65H,13,18,23-27,30-33H2,1-6H3,(H,56,66)(H,57,72)(H,58,70)(H,59,71)(H,60,69)(H,61,68)(H,62,67)(H,63,73)/t40-,41-,42-,43-/m0/s1. The summed E-state index contributed by atoms with van der Waals surface area (Å²) in [5.41, 5.74) is 1.12. The van der Waals surface area contributed by atoms with Crippen LogP contribution in [-0.4, -0.2) is 120 Å². The lowest BCUT2D eigenvalue weighted by Gasteiger charge is -2.27. The van der Waals surface area contributed by atoms with Crippen LogP contribution in [0.1, 0.15) is 83.1 Å². The molecule has 0 fully saturated rings. The van der Waals surface area contributed by atoms with Crippen molar-refractivity contribution >= 4 is 48.0 Å². The first kappa shape index (κ1) is 59.3. The van der Waals surface area contributed by atoms with E-state index in [2.05, 4.69) is 42.5 Å². The highest BCUT2D eigenvalue weighted by molar-refractivity contribution is 5.96. The minimum atomic E-state index is -1.57. The van der Waals surface area contributed by atoms with E-state index in [1.165, 1.54) is 12.1 Å². The second-order valence-corrected chi connectivity index (χ2v) is 20.1. The number of aromatic hydroxyl groups is 2. The van der Waals surface area contributed by atoms with Crippen molar-refractivity contribution in [3.8, 4) is 22.6 Å². The molecule has 414 valence electrons. The van der Waals surface area contributed by atoms with E-state index in [0.29, 0.717) is 11.1 Å². The number of fused-ring (bicyclic) bond motifs is 5. The molecular formula is C55H70N8O14. The van der Waals surface area contributed by atoms with Gasteiger partial charge in [0.25, 0.3) is 0 Å². The molecule has 0 aromatic heterocycles. The van der Waals surface area contributed by atoms with Crippen molar-refractivity contribution in [2.75, 3.05) is 26.2 Å². The van der Waals surface area contributed by atoms with Gasteiger partial charge in [-0.2, -0.15) is 0 Å². The summed E-state index contributed by atoms with van der Waals surface area (Å²) >= 11 is 0. The summed E-state index contributed by atoms with van der Waals surface area (Å²) in [5, 5.41) is 43.3. The van der Waals surface area contributed by atoms with Crippen LogP contribution in [0.4, 0.5) is 19.2 Å². The van der Waals surface area contributed by atoms with Crippen LogP contribution in [0.25, 0.3) is 11.1 Å². The van der Waals surface area contributed by atoms with Crippen LogP contribution in [0.5, 0.6) is 11.5 Å². The molecular weight excluding hydrogens is 997 g/mol. The van der Waals surface area contributed by atoms with Gasteiger partial charge in [0.1, 0.15) is 60.1 Å². The molecule has 4 aromatic rings. The fourth-order valence-corrected chi connectivity index (χ4v) is 7.67. The van der Waals surface area contributed by atoms with Gasteiger partial charge in [-0.1, -0.05) is 72.8 Å². The van der Waals surface area contributed by atoms with Crippen molar-refractivity contribution < 1.29 is 67.5 Å². The highest BCUT2D eigenvalue weighted by atomic mass is 16.6. The largest absolute Gasteiger partial charge is 0.508 e. The minimum absolute atomic E-state index is 0.00961. The highest BCUT2D eigenvalue weighted by Gasteiger charge is 2.34. The van der Waals surface area contributed by atoms with Gasteiger partial charge >= 0.3 is 24.4 Å². The number of nitrogens with one attached hydrogen (secondary N) is 8. The number of phenols is 2. The molecule has 1 aliphatic rings. The first-order valence-electron chi connectivity index (χ1n) is 25.2. The summed E-state index contributed by atoms with van der Waals surface area (Å²) in [6, 6.07) is 21.2. The van der Waals surface area contributed by atoms with Gasteiger partial charge in [-0.05, 0) is 118 Å². The second-order valence-electron chi connectivity index (χ2n) is 20.1. The molecule has 0 spiro atoms. The Hall–Kier alpha value is -8.56. The predicted octanol–water partition coefficient (Wildman–Crippen LogP) is 4.88. The van der Waals surface area contributed by atoms with Crippen LogP contribution in [0, 0.1) is 0 Å². The van der Waals surface area contributed by atoms with Crippen molar-refractivity contribution in [3.05, 3.63) is 119 Å². The molecule has 4 atom stereocenters. The van der Waals surface area contributed by atoms with E-state index in [0.717, 1.165) is 11.1 Å². The van der Waals surface area contributed by atoms with Crippen molar-refractivity contribution in [1.29, 1.82) is 0 Å².